The normalized spacial score (nSPS) is 10.9. The Bertz CT molecular complexity index is 458. The minimum atomic E-state index is 0.671. The van der Waals surface area contributed by atoms with Gasteiger partial charge < -0.3 is 5.73 Å². The summed E-state index contributed by atoms with van der Waals surface area (Å²) in [5.74, 6) is 0. The van der Waals surface area contributed by atoms with Gasteiger partial charge in [0, 0.05) is 19.4 Å². The molecule has 0 spiro atoms. The van der Waals surface area contributed by atoms with E-state index in [9.17, 15) is 0 Å². The third kappa shape index (κ3) is 3.39. The van der Waals surface area contributed by atoms with Crippen LogP contribution in [0.5, 0.6) is 0 Å². The minimum Gasteiger partial charge on any atom is -0.330 e. The Morgan fingerprint density at radius 2 is 2.18 bits per heavy atom. The van der Waals surface area contributed by atoms with E-state index in [1.165, 1.54) is 0 Å². The summed E-state index contributed by atoms with van der Waals surface area (Å²) in [7, 11) is 1.91. The van der Waals surface area contributed by atoms with Gasteiger partial charge in [0.05, 0.1) is 17.9 Å². The first-order chi connectivity index (χ1) is 8.28. The van der Waals surface area contributed by atoms with Gasteiger partial charge in [-0.3, -0.25) is 4.68 Å². The van der Waals surface area contributed by atoms with Crippen LogP contribution >= 0.6 is 0 Å². The predicted octanol–water partition coefficient (Wildman–Crippen LogP) is 0.341. The molecule has 17 heavy (non-hydrogen) atoms. The largest absolute Gasteiger partial charge is 0.330 e. The number of rotatable bonds is 6. The lowest BCUT2D eigenvalue weighted by Crippen LogP contribution is -2.02. The molecule has 0 fully saturated rings. The summed E-state index contributed by atoms with van der Waals surface area (Å²) in [6.45, 7) is 1.41. The van der Waals surface area contributed by atoms with Gasteiger partial charge in [-0.2, -0.15) is 5.10 Å². The van der Waals surface area contributed by atoms with E-state index in [4.69, 9.17) is 5.73 Å². The maximum atomic E-state index is 5.45. The molecule has 0 atom stereocenters. The number of unbranched alkanes of at least 4 members (excludes halogenated alkanes) is 1. The lowest BCUT2D eigenvalue weighted by Gasteiger charge is -1.95. The van der Waals surface area contributed by atoms with Gasteiger partial charge in [-0.15, -0.1) is 5.10 Å². The molecule has 2 aromatic heterocycles. The fourth-order valence-corrected chi connectivity index (χ4v) is 1.69. The van der Waals surface area contributed by atoms with Gasteiger partial charge in [0.25, 0.3) is 0 Å². The van der Waals surface area contributed by atoms with E-state index in [-0.39, 0.29) is 0 Å². The molecule has 0 aliphatic rings. The molecule has 0 unspecified atom stereocenters. The quantitative estimate of drug-likeness (QED) is 0.731. The SMILES string of the molecule is Cn1ccc(Cn2cc(CCCCN)nn2)n1. The molecule has 0 amide bonds. The molecule has 0 aliphatic carbocycles. The number of hydrogen-bond donors (Lipinski definition) is 1. The third-order valence-corrected chi connectivity index (χ3v) is 2.57. The Kier molecular flexibility index (Phi) is 3.87. The molecule has 0 bridgehead atoms. The smallest absolute Gasteiger partial charge is 0.0867 e. The summed E-state index contributed by atoms with van der Waals surface area (Å²) < 4.78 is 3.61. The van der Waals surface area contributed by atoms with Crippen molar-refractivity contribution in [2.75, 3.05) is 6.54 Å². The van der Waals surface area contributed by atoms with E-state index >= 15 is 0 Å². The van der Waals surface area contributed by atoms with Gasteiger partial charge >= 0.3 is 0 Å². The van der Waals surface area contributed by atoms with Gasteiger partial charge in [0.2, 0.25) is 0 Å². The highest BCUT2D eigenvalue weighted by atomic mass is 15.4. The second-order valence-corrected chi connectivity index (χ2v) is 4.13. The van der Waals surface area contributed by atoms with Crippen LogP contribution in [0.1, 0.15) is 24.2 Å². The Morgan fingerprint density at radius 1 is 1.29 bits per heavy atom. The Balaban J connectivity index is 1.89. The first kappa shape index (κ1) is 11.8. The summed E-state index contributed by atoms with van der Waals surface area (Å²) in [6, 6.07) is 1.98. The van der Waals surface area contributed by atoms with Crippen molar-refractivity contribution in [3.63, 3.8) is 0 Å². The molecule has 0 aromatic carbocycles. The van der Waals surface area contributed by atoms with Crippen molar-refractivity contribution in [1.29, 1.82) is 0 Å². The number of aryl methyl sites for hydroxylation is 2. The molecule has 6 heteroatoms. The van der Waals surface area contributed by atoms with Crippen molar-refractivity contribution < 1.29 is 0 Å². The van der Waals surface area contributed by atoms with Gasteiger partial charge in [-0.25, -0.2) is 4.68 Å². The molecule has 0 aliphatic heterocycles. The van der Waals surface area contributed by atoms with E-state index < -0.39 is 0 Å². The fourth-order valence-electron chi connectivity index (χ4n) is 1.69. The van der Waals surface area contributed by atoms with Crippen molar-refractivity contribution in [3.8, 4) is 0 Å². The summed E-state index contributed by atoms with van der Waals surface area (Å²) in [5.41, 5.74) is 7.46. The van der Waals surface area contributed by atoms with Crippen molar-refractivity contribution in [3.05, 3.63) is 29.8 Å². The molecular formula is C11H18N6. The van der Waals surface area contributed by atoms with Crippen LogP contribution in [-0.4, -0.2) is 31.3 Å². The van der Waals surface area contributed by atoms with Crippen LogP contribution in [0.3, 0.4) is 0 Å². The van der Waals surface area contributed by atoms with Gasteiger partial charge in [-0.1, -0.05) is 5.21 Å². The molecule has 2 N–H and O–H groups in total. The molecule has 6 nitrogen and oxygen atoms in total. The maximum Gasteiger partial charge on any atom is 0.0867 e. The first-order valence-electron chi connectivity index (χ1n) is 5.85. The van der Waals surface area contributed by atoms with Crippen LogP contribution in [0.2, 0.25) is 0 Å². The van der Waals surface area contributed by atoms with E-state index in [0.29, 0.717) is 6.54 Å². The van der Waals surface area contributed by atoms with E-state index in [1.807, 2.05) is 30.2 Å². The predicted molar refractivity (Wildman–Crippen MR) is 64.3 cm³/mol. The molecule has 92 valence electrons. The van der Waals surface area contributed by atoms with Crippen molar-refractivity contribution in [2.24, 2.45) is 12.8 Å². The second kappa shape index (κ2) is 5.58. The summed E-state index contributed by atoms with van der Waals surface area (Å²) in [5, 5.41) is 12.5. The average Bonchev–Trinajstić information content (AvgIpc) is 2.90. The van der Waals surface area contributed by atoms with Crippen molar-refractivity contribution in [2.45, 2.75) is 25.8 Å². The summed E-state index contributed by atoms with van der Waals surface area (Å²) in [6.07, 6.45) is 6.95. The van der Waals surface area contributed by atoms with E-state index in [2.05, 4.69) is 15.4 Å². The highest BCUT2D eigenvalue weighted by Gasteiger charge is 2.03. The monoisotopic (exact) mass is 234 g/mol. The average molecular weight is 234 g/mol. The van der Waals surface area contributed by atoms with E-state index in [1.54, 1.807) is 4.68 Å². The Morgan fingerprint density at radius 3 is 2.88 bits per heavy atom. The zero-order valence-electron chi connectivity index (χ0n) is 10.1. The third-order valence-electron chi connectivity index (χ3n) is 2.57. The number of aromatic nitrogens is 5. The lowest BCUT2D eigenvalue weighted by molar-refractivity contribution is 0.624. The van der Waals surface area contributed by atoms with E-state index in [0.717, 1.165) is 37.2 Å². The van der Waals surface area contributed by atoms with Crippen LogP contribution < -0.4 is 5.73 Å². The highest BCUT2D eigenvalue weighted by molar-refractivity contribution is 5.00. The summed E-state index contributed by atoms with van der Waals surface area (Å²) >= 11 is 0. The van der Waals surface area contributed by atoms with Gasteiger partial charge in [0.1, 0.15) is 0 Å². The zero-order chi connectivity index (χ0) is 12.1. The maximum absolute atomic E-state index is 5.45. The van der Waals surface area contributed by atoms with Crippen LogP contribution in [0.25, 0.3) is 0 Å². The van der Waals surface area contributed by atoms with Gasteiger partial charge in [-0.05, 0) is 31.9 Å². The van der Waals surface area contributed by atoms with Crippen molar-refractivity contribution in [1.82, 2.24) is 24.8 Å². The molecular weight excluding hydrogens is 216 g/mol. The molecule has 0 radical (unpaired) electrons. The fraction of sp³-hybridized carbons (Fsp3) is 0.545. The summed E-state index contributed by atoms with van der Waals surface area (Å²) in [4.78, 5) is 0. The zero-order valence-corrected chi connectivity index (χ0v) is 10.1. The standard InChI is InChI=1S/C11H18N6/c1-16-7-5-11(14-16)9-17-8-10(13-15-17)4-2-3-6-12/h5,7-8H,2-4,6,9,12H2,1H3. The second-order valence-electron chi connectivity index (χ2n) is 4.13. The minimum absolute atomic E-state index is 0.671. The molecule has 2 rings (SSSR count). The number of nitrogens with two attached hydrogens (primary N) is 1. The topological polar surface area (TPSA) is 74.5 Å². The van der Waals surface area contributed by atoms with Crippen LogP contribution in [0.15, 0.2) is 18.5 Å². The number of nitrogens with zero attached hydrogens (tertiary/aromatic N) is 5. The number of hydrogen-bond acceptors (Lipinski definition) is 4. The molecule has 2 aromatic rings. The molecule has 2 heterocycles. The van der Waals surface area contributed by atoms with Crippen LogP contribution in [0.4, 0.5) is 0 Å². The first-order valence-corrected chi connectivity index (χ1v) is 5.85. The van der Waals surface area contributed by atoms with Gasteiger partial charge in [0.15, 0.2) is 0 Å². The molecule has 0 saturated heterocycles. The Labute approximate surface area is 100 Å². The highest BCUT2D eigenvalue weighted by Crippen LogP contribution is 2.02. The van der Waals surface area contributed by atoms with Crippen molar-refractivity contribution >= 4 is 0 Å². The van der Waals surface area contributed by atoms with Crippen LogP contribution in [-0.2, 0) is 20.0 Å². The Hall–Kier alpha value is -1.69. The molecule has 0 saturated carbocycles. The van der Waals surface area contributed by atoms with Crippen LogP contribution in [0, 0.1) is 0 Å². The lowest BCUT2D eigenvalue weighted by atomic mass is 10.2.